The van der Waals surface area contributed by atoms with Crippen molar-refractivity contribution in [3.8, 4) is 0 Å². The molecule has 3 atom stereocenters. The van der Waals surface area contributed by atoms with E-state index in [1.165, 1.54) is 0 Å². The topological polar surface area (TPSA) is 83.5 Å². The van der Waals surface area contributed by atoms with Gasteiger partial charge in [-0.15, -0.1) is 0 Å². The Bertz CT molecular complexity index is 744. The first kappa shape index (κ1) is 18.1. The van der Waals surface area contributed by atoms with Gasteiger partial charge in [0.25, 0.3) is 0 Å². The van der Waals surface area contributed by atoms with Crippen molar-refractivity contribution in [2.45, 2.75) is 55.9 Å². The predicted molar refractivity (Wildman–Crippen MR) is 95.6 cm³/mol. The standard InChI is InChI=1S/C19H25NO4S/c21-18(22)9-5-2-6-11-19-12-10-15(13-19)17(14-19)20-25(23,24)16-7-3-1-4-8-16/h1,3-4,6-8,11,15,17,20H,2,5,9-10,12-14H2,(H,21,22)/b11-6-. The van der Waals surface area contributed by atoms with Crippen LogP contribution in [0.4, 0.5) is 0 Å². The maximum atomic E-state index is 12.5. The largest absolute Gasteiger partial charge is 0.481 e. The molecule has 25 heavy (non-hydrogen) atoms. The number of fused-ring (bicyclic) bond motifs is 2. The van der Waals surface area contributed by atoms with Crippen LogP contribution >= 0.6 is 0 Å². The Morgan fingerprint density at radius 3 is 2.76 bits per heavy atom. The Hall–Kier alpha value is -1.66. The fourth-order valence-corrected chi connectivity index (χ4v) is 5.59. The molecule has 2 saturated carbocycles. The van der Waals surface area contributed by atoms with E-state index in [1.807, 2.05) is 0 Å². The average Bonchev–Trinajstić information content (AvgIpc) is 3.13. The normalized spacial score (nSPS) is 28.6. The molecule has 3 rings (SSSR count). The molecule has 136 valence electrons. The molecule has 0 radical (unpaired) electrons. The van der Waals surface area contributed by atoms with E-state index in [0.717, 1.165) is 32.1 Å². The number of allylic oxidation sites excluding steroid dienone is 2. The number of hydrogen-bond donors (Lipinski definition) is 2. The molecule has 2 bridgehead atoms. The molecule has 2 fully saturated rings. The van der Waals surface area contributed by atoms with Crippen molar-refractivity contribution in [2.24, 2.45) is 11.3 Å². The molecule has 3 unspecified atom stereocenters. The van der Waals surface area contributed by atoms with Crippen LogP contribution < -0.4 is 4.72 Å². The number of benzene rings is 1. The Morgan fingerprint density at radius 2 is 2.04 bits per heavy atom. The quantitative estimate of drug-likeness (QED) is 0.548. The molecule has 0 heterocycles. The van der Waals surface area contributed by atoms with Crippen molar-refractivity contribution in [2.75, 3.05) is 0 Å². The summed E-state index contributed by atoms with van der Waals surface area (Å²) in [7, 11) is -3.47. The van der Waals surface area contributed by atoms with Crippen molar-refractivity contribution < 1.29 is 18.3 Å². The second-order valence-corrected chi connectivity index (χ2v) is 9.01. The highest BCUT2D eigenvalue weighted by Crippen LogP contribution is 2.55. The highest BCUT2D eigenvalue weighted by Gasteiger charge is 2.49. The molecule has 6 heteroatoms. The lowest BCUT2D eigenvalue weighted by Gasteiger charge is -2.28. The molecule has 0 spiro atoms. The van der Waals surface area contributed by atoms with E-state index in [9.17, 15) is 13.2 Å². The van der Waals surface area contributed by atoms with E-state index in [2.05, 4.69) is 16.9 Å². The van der Waals surface area contributed by atoms with E-state index in [4.69, 9.17) is 5.11 Å². The molecule has 1 aromatic rings. The van der Waals surface area contributed by atoms with Gasteiger partial charge in [0.2, 0.25) is 10.0 Å². The minimum Gasteiger partial charge on any atom is -0.481 e. The van der Waals surface area contributed by atoms with Crippen molar-refractivity contribution in [3.63, 3.8) is 0 Å². The first-order valence-corrected chi connectivity index (χ1v) is 10.4. The van der Waals surface area contributed by atoms with Crippen LogP contribution in [-0.2, 0) is 14.8 Å². The van der Waals surface area contributed by atoms with E-state index in [0.29, 0.717) is 17.2 Å². The van der Waals surface area contributed by atoms with E-state index in [-0.39, 0.29) is 17.9 Å². The van der Waals surface area contributed by atoms with Crippen LogP contribution in [0.1, 0.15) is 44.9 Å². The molecule has 0 amide bonds. The van der Waals surface area contributed by atoms with Gasteiger partial charge in [-0.3, -0.25) is 4.79 Å². The van der Waals surface area contributed by atoms with Gasteiger partial charge in [0.05, 0.1) is 4.90 Å². The number of unbranched alkanes of at least 4 members (excludes halogenated alkanes) is 1. The number of carboxylic acids is 1. The van der Waals surface area contributed by atoms with E-state index in [1.54, 1.807) is 30.3 Å². The molecule has 2 aliphatic carbocycles. The molecule has 0 aromatic heterocycles. The Morgan fingerprint density at radius 1 is 1.28 bits per heavy atom. The highest BCUT2D eigenvalue weighted by atomic mass is 32.2. The first-order valence-electron chi connectivity index (χ1n) is 8.87. The van der Waals surface area contributed by atoms with Crippen molar-refractivity contribution in [1.82, 2.24) is 4.72 Å². The summed E-state index contributed by atoms with van der Waals surface area (Å²) in [6.45, 7) is 0. The van der Waals surface area contributed by atoms with Gasteiger partial charge < -0.3 is 5.11 Å². The van der Waals surface area contributed by atoms with Gasteiger partial charge in [-0.05, 0) is 62.0 Å². The predicted octanol–water partition coefficient (Wildman–Crippen LogP) is 3.33. The summed E-state index contributed by atoms with van der Waals surface area (Å²) in [5.41, 5.74) is 0.0811. The lowest BCUT2D eigenvalue weighted by molar-refractivity contribution is -0.137. The first-order chi connectivity index (χ1) is 11.9. The van der Waals surface area contributed by atoms with E-state index < -0.39 is 16.0 Å². The molecule has 0 aliphatic heterocycles. The van der Waals surface area contributed by atoms with Crippen molar-refractivity contribution in [1.29, 1.82) is 0 Å². The van der Waals surface area contributed by atoms with Crippen LogP contribution in [0.5, 0.6) is 0 Å². The van der Waals surface area contributed by atoms with Crippen LogP contribution in [0.15, 0.2) is 47.4 Å². The van der Waals surface area contributed by atoms with Crippen LogP contribution in [0.2, 0.25) is 0 Å². The number of sulfonamides is 1. The number of hydrogen-bond acceptors (Lipinski definition) is 3. The van der Waals surface area contributed by atoms with Crippen LogP contribution in [0, 0.1) is 11.3 Å². The molecule has 0 saturated heterocycles. The van der Waals surface area contributed by atoms with Gasteiger partial charge in [0.15, 0.2) is 0 Å². The fraction of sp³-hybridized carbons (Fsp3) is 0.526. The Kier molecular flexibility index (Phi) is 5.29. The number of carbonyl (C=O) groups is 1. The summed E-state index contributed by atoms with van der Waals surface area (Å²) in [5.74, 6) is -0.370. The molecule has 2 aliphatic rings. The number of rotatable bonds is 8. The minimum atomic E-state index is -3.47. The van der Waals surface area contributed by atoms with Crippen molar-refractivity contribution >= 4 is 16.0 Å². The summed E-state index contributed by atoms with van der Waals surface area (Å²) in [5, 5.41) is 8.68. The molecule has 1 aromatic carbocycles. The van der Waals surface area contributed by atoms with Gasteiger partial charge in [-0.1, -0.05) is 30.4 Å². The average molecular weight is 363 g/mol. The fourth-order valence-electron chi connectivity index (χ4n) is 4.26. The molecular formula is C19H25NO4S. The number of nitrogens with one attached hydrogen (secondary N) is 1. The van der Waals surface area contributed by atoms with Gasteiger partial charge in [0, 0.05) is 12.5 Å². The number of aliphatic carboxylic acids is 1. The summed E-state index contributed by atoms with van der Waals surface area (Å²) >= 11 is 0. The van der Waals surface area contributed by atoms with Gasteiger partial charge in [-0.2, -0.15) is 0 Å². The number of carboxylic acid groups (broad SMARTS) is 1. The van der Waals surface area contributed by atoms with E-state index >= 15 is 0 Å². The second-order valence-electron chi connectivity index (χ2n) is 7.30. The zero-order chi connectivity index (χ0) is 17.9. The zero-order valence-corrected chi connectivity index (χ0v) is 15.0. The second kappa shape index (κ2) is 7.30. The van der Waals surface area contributed by atoms with Gasteiger partial charge in [0.1, 0.15) is 0 Å². The van der Waals surface area contributed by atoms with Gasteiger partial charge in [-0.25, -0.2) is 13.1 Å². The smallest absolute Gasteiger partial charge is 0.303 e. The third kappa shape index (κ3) is 4.30. The monoisotopic (exact) mass is 363 g/mol. The third-order valence-corrected chi connectivity index (χ3v) is 6.98. The van der Waals surface area contributed by atoms with Crippen LogP contribution in [0.25, 0.3) is 0 Å². The minimum absolute atomic E-state index is 0.0115. The van der Waals surface area contributed by atoms with Crippen LogP contribution in [0.3, 0.4) is 0 Å². The Labute approximate surface area is 149 Å². The Balaban J connectivity index is 1.60. The lowest BCUT2D eigenvalue weighted by atomic mass is 9.82. The summed E-state index contributed by atoms with van der Waals surface area (Å²) in [6.07, 6.45) is 9.89. The SMILES string of the molecule is O=C(O)CCC/C=C\C12CCC(C1)C(NS(=O)(=O)c1ccccc1)C2. The van der Waals surface area contributed by atoms with Crippen molar-refractivity contribution in [3.05, 3.63) is 42.5 Å². The zero-order valence-electron chi connectivity index (χ0n) is 14.2. The highest BCUT2D eigenvalue weighted by molar-refractivity contribution is 7.89. The summed E-state index contributed by atoms with van der Waals surface area (Å²) < 4.78 is 28.0. The third-order valence-electron chi connectivity index (χ3n) is 5.47. The van der Waals surface area contributed by atoms with Gasteiger partial charge >= 0.3 is 5.97 Å². The maximum absolute atomic E-state index is 12.5. The summed E-state index contributed by atoms with van der Waals surface area (Å²) in [4.78, 5) is 10.9. The molecule has 2 N–H and O–H groups in total. The summed E-state index contributed by atoms with van der Waals surface area (Å²) in [6, 6.07) is 8.50. The maximum Gasteiger partial charge on any atom is 0.303 e. The van der Waals surface area contributed by atoms with Crippen LogP contribution in [-0.4, -0.2) is 25.5 Å². The molecule has 5 nitrogen and oxygen atoms in total. The lowest BCUT2D eigenvalue weighted by Crippen LogP contribution is -2.39. The molecular weight excluding hydrogens is 338 g/mol.